The molecule has 0 N–H and O–H groups in total. The van der Waals surface area contributed by atoms with Crippen molar-refractivity contribution < 1.29 is 0 Å². The molecule has 0 aromatic carbocycles. The maximum atomic E-state index is 2.47. The number of nitrogens with zero attached hydrogens (tertiary/aromatic N) is 2. The van der Waals surface area contributed by atoms with Crippen LogP contribution in [-0.4, -0.2) is 32.3 Å². The Hall–Kier alpha value is 0.620. The SMILES string of the molecule is CC(C)N(SSN(C(C)C)C(C)(C)C)C(C)C. The number of rotatable bonds is 6. The molecule has 0 saturated carbocycles. The Morgan fingerprint density at radius 2 is 1.12 bits per heavy atom. The maximum absolute atomic E-state index is 2.47. The molecule has 0 spiro atoms. The van der Waals surface area contributed by atoms with Crippen molar-refractivity contribution in [1.29, 1.82) is 0 Å². The summed E-state index contributed by atoms with van der Waals surface area (Å²) in [4.78, 5) is 0. The molecule has 0 fully saturated rings. The van der Waals surface area contributed by atoms with Gasteiger partial charge in [0.1, 0.15) is 0 Å². The highest BCUT2D eigenvalue weighted by atomic mass is 33.1. The quantitative estimate of drug-likeness (QED) is 0.507. The van der Waals surface area contributed by atoms with E-state index < -0.39 is 0 Å². The van der Waals surface area contributed by atoms with Crippen molar-refractivity contribution in [2.45, 2.75) is 86.0 Å². The lowest BCUT2D eigenvalue weighted by Gasteiger charge is -2.39. The molecule has 0 saturated heterocycles. The van der Waals surface area contributed by atoms with Crippen LogP contribution in [-0.2, 0) is 0 Å². The molecule has 0 unspecified atom stereocenters. The Bertz CT molecular complexity index is 202. The molecule has 0 rings (SSSR count). The highest BCUT2D eigenvalue weighted by molar-refractivity contribution is 8.74. The van der Waals surface area contributed by atoms with Crippen molar-refractivity contribution in [3.05, 3.63) is 0 Å². The fraction of sp³-hybridized carbons (Fsp3) is 1.00. The van der Waals surface area contributed by atoms with Crippen LogP contribution in [0.15, 0.2) is 0 Å². The van der Waals surface area contributed by atoms with Crippen LogP contribution in [0, 0.1) is 0 Å². The third-order valence-electron chi connectivity index (χ3n) is 2.35. The minimum absolute atomic E-state index is 0.200. The molecule has 0 bridgehead atoms. The zero-order valence-electron chi connectivity index (χ0n) is 12.9. The molecular formula is C13H30N2S2. The molecule has 4 heteroatoms. The summed E-state index contributed by atoms with van der Waals surface area (Å²) in [6.07, 6.45) is 0. The van der Waals surface area contributed by atoms with Crippen LogP contribution in [0.3, 0.4) is 0 Å². The minimum atomic E-state index is 0.200. The van der Waals surface area contributed by atoms with Gasteiger partial charge < -0.3 is 0 Å². The smallest absolute Gasteiger partial charge is 0.0240 e. The van der Waals surface area contributed by atoms with Gasteiger partial charge in [0.05, 0.1) is 0 Å². The molecule has 0 aliphatic carbocycles. The summed E-state index contributed by atoms with van der Waals surface area (Å²) < 4.78 is 4.92. The Labute approximate surface area is 117 Å². The summed E-state index contributed by atoms with van der Waals surface area (Å²) in [6.45, 7) is 20.4. The predicted molar refractivity (Wildman–Crippen MR) is 84.0 cm³/mol. The molecule has 0 amide bonds. The molecule has 0 heterocycles. The van der Waals surface area contributed by atoms with Crippen molar-refractivity contribution >= 4 is 22.0 Å². The van der Waals surface area contributed by atoms with Crippen molar-refractivity contribution in [2.75, 3.05) is 0 Å². The highest BCUT2D eigenvalue weighted by Crippen LogP contribution is 2.38. The summed E-state index contributed by atoms with van der Waals surface area (Å²) in [5.41, 5.74) is 0.200. The lowest BCUT2D eigenvalue weighted by atomic mass is 10.1. The van der Waals surface area contributed by atoms with Crippen LogP contribution in [0.25, 0.3) is 0 Å². The average Bonchev–Trinajstić information content (AvgIpc) is 2.07. The molecule has 0 atom stereocenters. The zero-order chi connectivity index (χ0) is 13.8. The van der Waals surface area contributed by atoms with E-state index >= 15 is 0 Å². The van der Waals surface area contributed by atoms with E-state index in [1.54, 1.807) is 0 Å². The molecule has 0 aliphatic rings. The molecule has 0 radical (unpaired) electrons. The van der Waals surface area contributed by atoms with E-state index in [-0.39, 0.29) is 5.54 Å². The van der Waals surface area contributed by atoms with Crippen LogP contribution in [0.1, 0.15) is 62.3 Å². The predicted octanol–water partition coefficient (Wildman–Crippen LogP) is 4.83. The van der Waals surface area contributed by atoms with E-state index in [4.69, 9.17) is 0 Å². The third kappa shape index (κ3) is 6.37. The lowest BCUT2D eigenvalue weighted by molar-refractivity contribution is 0.234. The van der Waals surface area contributed by atoms with Crippen molar-refractivity contribution in [1.82, 2.24) is 8.61 Å². The second-order valence-electron chi connectivity index (χ2n) is 6.29. The van der Waals surface area contributed by atoms with E-state index in [0.29, 0.717) is 18.1 Å². The van der Waals surface area contributed by atoms with E-state index in [1.807, 2.05) is 22.0 Å². The summed E-state index contributed by atoms with van der Waals surface area (Å²) in [6, 6.07) is 1.69. The van der Waals surface area contributed by atoms with Gasteiger partial charge in [0, 0.05) is 45.6 Å². The highest BCUT2D eigenvalue weighted by Gasteiger charge is 2.27. The first-order valence-electron chi connectivity index (χ1n) is 6.49. The van der Waals surface area contributed by atoms with E-state index in [2.05, 4.69) is 70.9 Å². The van der Waals surface area contributed by atoms with Crippen molar-refractivity contribution in [3.63, 3.8) is 0 Å². The Balaban J connectivity index is 4.49. The second kappa shape index (κ2) is 7.27. The maximum Gasteiger partial charge on any atom is 0.0240 e. The van der Waals surface area contributed by atoms with Crippen molar-refractivity contribution in [2.24, 2.45) is 0 Å². The van der Waals surface area contributed by atoms with Crippen LogP contribution in [0.4, 0.5) is 0 Å². The van der Waals surface area contributed by atoms with Gasteiger partial charge in [0.2, 0.25) is 0 Å². The standard InChI is InChI=1S/C13H30N2S2/c1-10(2)14(11(3)4)16-17-15(12(5)6)13(7,8)9/h10-12H,1-9H3. The summed E-state index contributed by atoms with van der Waals surface area (Å²) in [5, 5.41) is 0. The summed E-state index contributed by atoms with van der Waals surface area (Å²) in [7, 11) is 3.75. The molecule has 2 nitrogen and oxygen atoms in total. The van der Waals surface area contributed by atoms with Gasteiger partial charge in [0.15, 0.2) is 0 Å². The van der Waals surface area contributed by atoms with Crippen LogP contribution in [0.5, 0.6) is 0 Å². The first kappa shape index (κ1) is 17.6. The van der Waals surface area contributed by atoms with Gasteiger partial charge in [-0.2, -0.15) is 0 Å². The topological polar surface area (TPSA) is 6.48 Å². The Kier molecular flexibility index (Phi) is 7.53. The first-order valence-corrected chi connectivity index (χ1v) is 8.56. The Morgan fingerprint density at radius 3 is 1.35 bits per heavy atom. The fourth-order valence-electron chi connectivity index (χ4n) is 1.82. The van der Waals surface area contributed by atoms with Gasteiger partial charge in [-0.3, -0.25) is 0 Å². The van der Waals surface area contributed by atoms with Gasteiger partial charge in [-0.25, -0.2) is 8.61 Å². The van der Waals surface area contributed by atoms with Gasteiger partial charge in [-0.05, 0) is 62.3 Å². The molecule has 0 aromatic heterocycles. The average molecular weight is 279 g/mol. The molecule has 17 heavy (non-hydrogen) atoms. The fourth-order valence-corrected chi connectivity index (χ4v) is 5.37. The normalized spacial score (nSPS) is 13.8. The van der Waals surface area contributed by atoms with E-state index in [1.165, 1.54) is 0 Å². The second-order valence-corrected chi connectivity index (χ2v) is 8.29. The van der Waals surface area contributed by atoms with Crippen LogP contribution in [0.2, 0.25) is 0 Å². The summed E-state index contributed by atoms with van der Waals surface area (Å²) >= 11 is 0. The largest absolute Gasteiger partial charge is 0.235 e. The molecule has 0 aliphatic heterocycles. The monoisotopic (exact) mass is 278 g/mol. The van der Waals surface area contributed by atoms with Gasteiger partial charge >= 0.3 is 0 Å². The van der Waals surface area contributed by atoms with Gasteiger partial charge in [-0.15, -0.1) is 0 Å². The summed E-state index contributed by atoms with van der Waals surface area (Å²) in [5.74, 6) is 0. The van der Waals surface area contributed by atoms with E-state index in [9.17, 15) is 0 Å². The van der Waals surface area contributed by atoms with Gasteiger partial charge in [0.25, 0.3) is 0 Å². The minimum Gasteiger partial charge on any atom is -0.235 e. The Morgan fingerprint density at radius 1 is 0.706 bits per heavy atom. The van der Waals surface area contributed by atoms with Crippen LogP contribution < -0.4 is 0 Å². The molecular weight excluding hydrogens is 248 g/mol. The first-order chi connectivity index (χ1) is 7.57. The number of hydrogen-bond donors (Lipinski definition) is 0. The molecule has 104 valence electrons. The van der Waals surface area contributed by atoms with Crippen LogP contribution >= 0.6 is 22.0 Å². The lowest BCUT2D eigenvalue weighted by Crippen LogP contribution is -2.41. The van der Waals surface area contributed by atoms with Crippen molar-refractivity contribution in [3.8, 4) is 0 Å². The van der Waals surface area contributed by atoms with E-state index in [0.717, 1.165) is 0 Å². The third-order valence-corrected chi connectivity index (χ3v) is 5.76. The number of hydrogen-bond acceptors (Lipinski definition) is 4. The molecule has 0 aromatic rings. The zero-order valence-corrected chi connectivity index (χ0v) is 14.6. The van der Waals surface area contributed by atoms with Gasteiger partial charge in [-0.1, -0.05) is 0 Å².